The van der Waals surface area contributed by atoms with Crippen LogP contribution in [0.5, 0.6) is 5.88 Å². The number of fused-ring (bicyclic) bond motifs is 1. The third-order valence-corrected chi connectivity index (χ3v) is 3.32. The Hall–Kier alpha value is -1.64. The van der Waals surface area contributed by atoms with Gasteiger partial charge in [-0.25, -0.2) is 4.98 Å². The van der Waals surface area contributed by atoms with E-state index in [9.17, 15) is 4.79 Å². The third-order valence-electron chi connectivity index (χ3n) is 3.32. The van der Waals surface area contributed by atoms with Gasteiger partial charge in [0.05, 0.1) is 0 Å². The molecule has 82 valence electrons. The summed E-state index contributed by atoms with van der Waals surface area (Å²) in [5.74, 6) is 1.04. The van der Waals surface area contributed by atoms with E-state index in [1.54, 1.807) is 6.20 Å². The molecule has 1 spiro atoms. The lowest BCUT2D eigenvalue weighted by Crippen LogP contribution is -2.39. The van der Waals surface area contributed by atoms with Crippen molar-refractivity contribution in [3.8, 4) is 5.88 Å². The van der Waals surface area contributed by atoms with Crippen molar-refractivity contribution in [1.29, 1.82) is 0 Å². The van der Waals surface area contributed by atoms with Crippen LogP contribution in [0.1, 0.15) is 31.2 Å². The molecular weight excluding hydrogens is 202 g/mol. The predicted octanol–water partition coefficient (Wildman–Crippen LogP) is 2.37. The zero-order chi connectivity index (χ0) is 11.0. The van der Waals surface area contributed by atoms with Gasteiger partial charge in [-0.3, -0.25) is 4.79 Å². The zero-order valence-corrected chi connectivity index (χ0v) is 8.98. The number of rotatable bonds is 0. The fourth-order valence-electron chi connectivity index (χ4n) is 2.30. The van der Waals surface area contributed by atoms with E-state index in [0.29, 0.717) is 24.5 Å². The second-order valence-electron chi connectivity index (χ2n) is 4.44. The molecule has 0 bridgehead atoms. The number of carbonyl (C=O) groups excluding carboxylic acids is 1. The Bertz CT molecular complexity index is 455. The van der Waals surface area contributed by atoms with Crippen LogP contribution in [-0.2, 0) is 4.79 Å². The van der Waals surface area contributed by atoms with Gasteiger partial charge in [0, 0.05) is 24.6 Å². The van der Waals surface area contributed by atoms with Crippen LogP contribution < -0.4 is 4.74 Å². The molecule has 1 aromatic heterocycles. The van der Waals surface area contributed by atoms with Crippen molar-refractivity contribution in [2.45, 2.75) is 31.3 Å². The number of Topliss-reactive ketones (excluding diaryl/α,β-unsaturated/α-hetero) is 1. The molecule has 2 heterocycles. The smallest absolute Gasteiger partial charge is 0.221 e. The Morgan fingerprint density at radius 1 is 1.31 bits per heavy atom. The van der Waals surface area contributed by atoms with E-state index in [2.05, 4.69) is 17.1 Å². The second-order valence-corrected chi connectivity index (χ2v) is 4.44. The molecule has 0 radical (unpaired) electrons. The molecule has 0 unspecified atom stereocenters. The zero-order valence-electron chi connectivity index (χ0n) is 8.98. The summed E-state index contributed by atoms with van der Waals surface area (Å²) in [7, 11) is 0. The summed E-state index contributed by atoms with van der Waals surface area (Å²) in [6.45, 7) is 0. The Balaban J connectivity index is 1.90. The van der Waals surface area contributed by atoms with Gasteiger partial charge in [0.15, 0.2) is 0 Å². The highest BCUT2D eigenvalue weighted by atomic mass is 16.5. The van der Waals surface area contributed by atoms with Gasteiger partial charge in [0.25, 0.3) is 0 Å². The van der Waals surface area contributed by atoms with Crippen LogP contribution in [0.3, 0.4) is 0 Å². The fraction of sp³-hybridized carbons (Fsp3) is 0.385. The van der Waals surface area contributed by atoms with Gasteiger partial charge in [0.1, 0.15) is 11.4 Å². The first-order chi connectivity index (χ1) is 7.77. The van der Waals surface area contributed by atoms with Gasteiger partial charge >= 0.3 is 0 Å². The Morgan fingerprint density at radius 2 is 2.12 bits per heavy atom. The highest BCUT2D eigenvalue weighted by molar-refractivity contribution is 5.79. The van der Waals surface area contributed by atoms with Gasteiger partial charge in [-0.15, -0.1) is 0 Å². The van der Waals surface area contributed by atoms with Crippen molar-refractivity contribution in [2.75, 3.05) is 0 Å². The van der Waals surface area contributed by atoms with E-state index in [0.717, 1.165) is 18.4 Å². The number of hydrogen-bond donors (Lipinski definition) is 0. The predicted molar refractivity (Wildman–Crippen MR) is 60.1 cm³/mol. The van der Waals surface area contributed by atoms with Crippen LogP contribution in [0.2, 0.25) is 0 Å². The number of nitrogens with zero attached hydrogens (tertiary/aromatic N) is 1. The molecular formula is C13H13NO2. The lowest BCUT2D eigenvalue weighted by atomic mass is 9.82. The summed E-state index contributed by atoms with van der Waals surface area (Å²) in [6.07, 6.45) is 8.67. The minimum atomic E-state index is -0.282. The summed E-state index contributed by atoms with van der Waals surface area (Å²) in [5, 5.41) is 0. The van der Waals surface area contributed by atoms with Crippen LogP contribution in [0.15, 0.2) is 24.4 Å². The molecule has 3 rings (SSSR count). The van der Waals surface area contributed by atoms with Gasteiger partial charge in [-0.2, -0.15) is 0 Å². The molecule has 16 heavy (non-hydrogen) atoms. The number of aromatic nitrogens is 1. The molecule has 1 saturated carbocycles. The molecule has 2 aliphatic rings. The first kappa shape index (κ1) is 9.58. The summed E-state index contributed by atoms with van der Waals surface area (Å²) in [5.41, 5.74) is 0.736. The first-order valence-corrected chi connectivity index (χ1v) is 5.62. The molecule has 3 nitrogen and oxygen atoms in total. The minimum absolute atomic E-state index is 0.282. The number of hydrogen-bond acceptors (Lipinski definition) is 3. The van der Waals surface area contributed by atoms with Crippen LogP contribution in [0.25, 0.3) is 6.08 Å². The van der Waals surface area contributed by atoms with Crippen molar-refractivity contribution < 1.29 is 9.53 Å². The summed E-state index contributed by atoms with van der Waals surface area (Å²) < 4.78 is 5.96. The average molecular weight is 215 g/mol. The van der Waals surface area contributed by atoms with E-state index in [4.69, 9.17) is 4.74 Å². The molecule has 0 N–H and O–H groups in total. The van der Waals surface area contributed by atoms with E-state index < -0.39 is 0 Å². The number of ketones is 1. The maximum Gasteiger partial charge on any atom is 0.221 e. The number of ether oxygens (including phenoxy) is 1. The van der Waals surface area contributed by atoms with E-state index in [1.807, 2.05) is 12.1 Å². The highest BCUT2D eigenvalue weighted by Crippen LogP contribution is 2.37. The van der Waals surface area contributed by atoms with Crippen LogP contribution in [-0.4, -0.2) is 16.4 Å². The molecule has 1 fully saturated rings. The molecule has 0 atom stereocenters. The van der Waals surface area contributed by atoms with E-state index in [-0.39, 0.29) is 5.60 Å². The maximum atomic E-state index is 11.2. The van der Waals surface area contributed by atoms with Crippen LogP contribution in [0.4, 0.5) is 0 Å². The lowest BCUT2D eigenvalue weighted by Gasteiger charge is -2.36. The summed E-state index contributed by atoms with van der Waals surface area (Å²) in [4.78, 5) is 15.5. The number of pyridine rings is 1. The SMILES string of the molecule is O=C1CCC2(C=Cc3cccnc3O2)CC1. The molecule has 1 aromatic rings. The normalized spacial score (nSPS) is 21.6. The van der Waals surface area contributed by atoms with Crippen molar-refractivity contribution in [3.63, 3.8) is 0 Å². The molecule has 1 aliphatic heterocycles. The average Bonchev–Trinajstić information content (AvgIpc) is 2.33. The van der Waals surface area contributed by atoms with Crippen molar-refractivity contribution in [3.05, 3.63) is 30.0 Å². The van der Waals surface area contributed by atoms with Gasteiger partial charge < -0.3 is 4.74 Å². The van der Waals surface area contributed by atoms with Gasteiger partial charge in [0.2, 0.25) is 5.88 Å². The van der Waals surface area contributed by atoms with Gasteiger partial charge in [-0.1, -0.05) is 0 Å². The van der Waals surface area contributed by atoms with Gasteiger partial charge in [-0.05, 0) is 37.1 Å². The van der Waals surface area contributed by atoms with Crippen molar-refractivity contribution in [2.24, 2.45) is 0 Å². The molecule has 0 saturated heterocycles. The molecule has 1 aliphatic carbocycles. The lowest BCUT2D eigenvalue weighted by molar-refractivity contribution is -0.123. The van der Waals surface area contributed by atoms with Crippen LogP contribution >= 0.6 is 0 Å². The minimum Gasteiger partial charge on any atom is -0.466 e. The Kier molecular flexibility index (Phi) is 2.06. The quantitative estimate of drug-likeness (QED) is 0.667. The third kappa shape index (κ3) is 1.52. The Morgan fingerprint density at radius 3 is 2.94 bits per heavy atom. The fourth-order valence-corrected chi connectivity index (χ4v) is 2.30. The van der Waals surface area contributed by atoms with Crippen molar-refractivity contribution in [1.82, 2.24) is 4.98 Å². The first-order valence-electron chi connectivity index (χ1n) is 5.62. The molecule has 0 amide bonds. The standard InChI is InChI=1S/C13H13NO2/c15-11-4-7-13(8-5-11)6-3-10-2-1-9-14-12(10)16-13/h1-3,6,9H,4-5,7-8H2. The Labute approximate surface area is 94.1 Å². The maximum absolute atomic E-state index is 11.2. The molecule has 0 aromatic carbocycles. The van der Waals surface area contributed by atoms with E-state index in [1.165, 1.54) is 0 Å². The summed E-state index contributed by atoms with van der Waals surface area (Å²) in [6, 6.07) is 3.88. The van der Waals surface area contributed by atoms with Crippen molar-refractivity contribution >= 4 is 11.9 Å². The van der Waals surface area contributed by atoms with Crippen LogP contribution in [0, 0.1) is 0 Å². The largest absolute Gasteiger partial charge is 0.466 e. The van der Waals surface area contributed by atoms with E-state index >= 15 is 0 Å². The highest BCUT2D eigenvalue weighted by Gasteiger charge is 2.37. The monoisotopic (exact) mass is 215 g/mol. The topological polar surface area (TPSA) is 39.2 Å². The number of carbonyl (C=O) groups is 1. The second kappa shape index (κ2) is 3.44. The summed E-state index contributed by atoms with van der Waals surface area (Å²) >= 11 is 0. The molecule has 3 heteroatoms.